The van der Waals surface area contributed by atoms with E-state index in [4.69, 9.17) is 19.7 Å². The first-order valence-corrected chi connectivity index (χ1v) is 4.52. The molecule has 1 unspecified atom stereocenters. The Bertz CT molecular complexity index is 463. The monoisotopic (exact) mass is 227 g/mol. The highest BCUT2D eigenvalue weighted by atomic mass is 16.6. The summed E-state index contributed by atoms with van der Waals surface area (Å²) >= 11 is 0. The number of hydrogen-bond acceptors (Lipinski definition) is 4. The Labute approximate surface area is 89.6 Å². The van der Waals surface area contributed by atoms with Crippen molar-refractivity contribution in [2.45, 2.75) is 13.0 Å². The molecule has 0 saturated carbocycles. The summed E-state index contributed by atoms with van der Waals surface area (Å²) in [5.41, 5.74) is -0.613. The van der Waals surface area contributed by atoms with Crippen molar-refractivity contribution in [1.29, 1.82) is 0 Å². The minimum absolute atomic E-state index is 0.0522. The first-order chi connectivity index (χ1) is 7.50. The summed E-state index contributed by atoms with van der Waals surface area (Å²) in [6, 6.07) is 0. The van der Waals surface area contributed by atoms with Gasteiger partial charge in [-0.2, -0.15) is 0 Å². The van der Waals surface area contributed by atoms with Crippen molar-refractivity contribution < 1.29 is 29.3 Å². The second-order valence-corrected chi connectivity index (χ2v) is 3.38. The van der Waals surface area contributed by atoms with Crippen LogP contribution in [0.5, 0.6) is 11.5 Å². The molecule has 0 aromatic carbocycles. The van der Waals surface area contributed by atoms with Crippen molar-refractivity contribution in [2.24, 2.45) is 0 Å². The highest BCUT2D eigenvalue weighted by Crippen LogP contribution is 2.38. The van der Waals surface area contributed by atoms with E-state index in [2.05, 4.69) is 4.98 Å². The van der Waals surface area contributed by atoms with Gasteiger partial charge >= 0.3 is 11.9 Å². The van der Waals surface area contributed by atoms with Gasteiger partial charge in [-0.25, -0.2) is 9.59 Å². The van der Waals surface area contributed by atoms with Crippen molar-refractivity contribution in [3.8, 4) is 11.5 Å². The lowest BCUT2D eigenvalue weighted by Crippen LogP contribution is -2.26. The van der Waals surface area contributed by atoms with Gasteiger partial charge < -0.3 is 24.7 Å². The highest BCUT2D eigenvalue weighted by Gasteiger charge is 2.32. The van der Waals surface area contributed by atoms with Gasteiger partial charge in [0, 0.05) is 0 Å². The molecule has 16 heavy (non-hydrogen) atoms. The lowest BCUT2D eigenvalue weighted by molar-refractivity contribution is 0.0651. The fourth-order valence-electron chi connectivity index (χ4n) is 1.45. The quantitative estimate of drug-likeness (QED) is 0.681. The summed E-state index contributed by atoms with van der Waals surface area (Å²) in [6.07, 6.45) is -0.317. The number of aromatic carboxylic acids is 2. The van der Waals surface area contributed by atoms with Gasteiger partial charge in [0.15, 0.2) is 22.9 Å². The zero-order chi connectivity index (χ0) is 11.9. The number of aromatic nitrogens is 1. The summed E-state index contributed by atoms with van der Waals surface area (Å²) in [4.78, 5) is 23.9. The van der Waals surface area contributed by atoms with Gasteiger partial charge in [0.1, 0.15) is 12.7 Å². The van der Waals surface area contributed by atoms with E-state index in [1.165, 1.54) is 0 Å². The van der Waals surface area contributed by atoms with Crippen LogP contribution in [0.2, 0.25) is 0 Å². The third-order valence-electron chi connectivity index (χ3n) is 2.12. The maximum absolute atomic E-state index is 10.9. The third-order valence-corrected chi connectivity index (χ3v) is 2.12. The fraction of sp³-hybridized carbons (Fsp3) is 0.333. The second kappa shape index (κ2) is 3.44. The molecule has 0 saturated heterocycles. The van der Waals surface area contributed by atoms with Gasteiger partial charge in [-0.1, -0.05) is 0 Å². The Morgan fingerprint density at radius 3 is 2.38 bits per heavy atom. The van der Waals surface area contributed by atoms with Gasteiger partial charge in [0.25, 0.3) is 0 Å². The minimum atomic E-state index is -1.29. The third kappa shape index (κ3) is 1.46. The lowest BCUT2D eigenvalue weighted by Gasteiger charge is -2.21. The number of rotatable bonds is 2. The van der Waals surface area contributed by atoms with Crippen LogP contribution >= 0.6 is 0 Å². The smallest absolute Gasteiger partial charge is 0.356 e. The molecule has 2 rings (SSSR count). The van der Waals surface area contributed by atoms with Gasteiger partial charge in [-0.3, -0.25) is 0 Å². The van der Waals surface area contributed by atoms with Gasteiger partial charge in [-0.05, 0) is 6.92 Å². The molecule has 1 aliphatic rings. The topological polar surface area (TPSA) is 109 Å². The largest absolute Gasteiger partial charge is 0.483 e. The average molecular weight is 227 g/mol. The normalized spacial score (nSPS) is 18.2. The zero-order valence-electron chi connectivity index (χ0n) is 8.31. The average Bonchev–Trinajstić information content (AvgIpc) is 2.56. The molecule has 1 atom stereocenters. The molecular formula is C9H9NO6. The number of hydrogen-bond donors (Lipinski definition) is 3. The zero-order valence-corrected chi connectivity index (χ0v) is 8.31. The van der Waals surface area contributed by atoms with E-state index >= 15 is 0 Å². The molecule has 3 N–H and O–H groups in total. The summed E-state index contributed by atoms with van der Waals surface area (Å²) in [7, 11) is 0. The highest BCUT2D eigenvalue weighted by molar-refractivity contribution is 5.97. The molecular weight excluding hydrogens is 218 g/mol. The maximum atomic E-state index is 10.9. The molecule has 0 fully saturated rings. The van der Waals surface area contributed by atoms with E-state index in [1.54, 1.807) is 6.92 Å². The lowest BCUT2D eigenvalue weighted by atomic mass is 10.3. The van der Waals surface area contributed by atoms with E-state index in [0.29, 0.717) is 0 Å². The van der Waals surface area contributed by atoms with Crippen LogP contribution in [0.15, 0.2) is 0 Å². The van der Waals surface area contributed by atoms with E-state index in [-0.39, 0.29) is 35.6 Å². The number of nitrogens with one attached hydrogen (secondary N) is 1. The maximum Gasteiger partial charge on any atom is 0.356 e. The number of carbonyl (C=O) groups is 2. The summed E-state index contributed by atoms with van der Waals surface area (Å²) in [5.74, 6) is -2.69. The van der Waals surface area contributed by atoms with Gasteiger partial charge in [0.05, 0.1) is 0 Å². The number of H-pyrrole nitrogens is 1. The van der Waals surface area contributed by atoms with Crippen LogP contribution in [-0.4, -0.2) is 39.8 Å². The molecule has 1 aromatic heterocycles. The minimum Gasteiger partial charge on any atom is -0.483 e. The van der Waals surface area contributed by atoms with Crippen LogP contribution in [0.4, 0.5) is 0 Å². The summed E-state index contributed by atoms with van der Waals surface area (Å²) in [6.45, 7) is 1.88. The molecule has 2 heterocycles. The van der Waals surface area contributed by atoms with Crippen molar-refractivity contribution >= 4 is 11.9 Å². The van der Waals surface area contributed by atoms with Crippen LogP contribution in [0.3, 0.4) is 0 Å². The molecule has 7 nitrogen and oxygen atoms in total. The van der Waals surface area contributed by atoms with E-state index in [0.717, 1.165) is 0 Å². The van der Waals surface area contributed by atoms with Crippen molar-refractivity contribution in [3.05, 3.63) is 11.4 Å². The van der Waals surface area contributed by atoms with Gasteiger partial charge in [0.2, 0.25) is 0 Å². The standard InChI is InChI=1S/C9H9NO6/c1-3-2-15-6-4(8(11)12)10-5(9(13)14)7(6)16-3/h3,10H,2H2,1H3,(H,11,12)(H,13,14). The number of ether oxygens (including phenoxy) is 2. The number of carboxylic acid groups (broad SMARTS) is 2. The molecule has 0 radical (unpaired) electrons. The van der Waals surface area contributed by atoms with Crippen molar-refractivity contribution in [1.82, 2.24) is 4.98 Å². The summed E-state index contributed by atoms with van der Waals surface area (Å²) in [5, 5.41) is 17.7. The van der Waals surface area contributed by atoms with E-state index < -0.39 is 11.9 Å². The van der Waals surface area contributed by atoms with E-state index in [1.807, 2.05) is 0 Å². The molecule has 0 amide bonds. The molecule has 7 heteroatoms. The van der Waals surface area contributed by atoms with Gasteiger partial charge in [-0.15, -0.1) is 0 Å². The van der Waals surface area contributed by atoms with Crippen molar-refractivity contribution in [2.75, 3.05) is 6.61 Å². The number of carboxylic acids is 2. The molecule has 0 bridgehead atoms. The predicted molar refractivity (Wildman–Crippen MR) is 50.3 cm³/mol. The SMILES string of the molecule is CC1COc2c(C(=O)O)[nH]c(C(=O)O)c2O1. The molecule has 1 aromatic rings. The van der Waals surface area contributed by atoms with Crippen molar-refractivity contribution in [3.63, 3.8) is 0 Å². The van der Waals surface area contributed by atoms with Crippen LogP contribution < -0.4 is 9.47 Å². The predicted octanol–water partition coefficient (Wildman–Crippen LogP) is 0.571. The summed E-state index contributed by atoms with van der Waals surface area (Å²) < 4.78 is 10.4. The fourth-order valence-corrected chi connectivity index (χ4v) is 1.45. The molecule has 1 aliphatic heterocycles. The number of aromatic amines is 1. The van der Waals surface area contributed by atoms with E-state index in [9.17, 15) is 9.59 Å². The second-order valence-electron chi connectivity index (χ2n) is 3.38. The Hall–Kier alpha value is -2.18. The van der Waals surface area contributed by atoms with Crippen LogP contribution in [-0.2, 0) is 0 Å². The van der Waals surface area contributed by atoms with Crippen LogP contribution in [0.25, 0.3) is 0 Å². The number of fused-ring (bicyclic) bond motifs is 1. The van der Waals surface area contributed by atoms with Crippen LogP contribution in [0.1, 0.15) is 27.9 Å². The molecule has 86 valence electrons. The Morgan fingerprint density at radius 1 is 1.25 bits per heavy atom. The first-order valence-electron chi connectivity index (χ1n) is 4.52. The van der Waals surface area contributed by atoms with Crippen LogP contribution in [0, 0.1) is 0 Å². The molecule has 0 spiro atoms. The Kier molecular flexibility index (Phi) is 2.22. The Balaban J connectivity index is 2.57. The Morgan fingerprint density at radius 2 is 1.81 bits per heavy atom. The first kappa shape index (κ1) is 10.3. The molecule has 0 aliphatic carbocycles.